The quantitative estimate of drug-likeness (QED) is 0.108. The van der Waals surface area contributed by atoms with Crippen LogP contribution in [0.5, 0.6) is 34.5 Å². The smallest absolute Gasteiger partial charge is 0.203 e. The third kappa shape index (κ3) is 9.94. The van der Waals surface area contributed by atoms with Crippen molar-refractivity contribution < 1.29 is 28.4 Å². The van der Waals surface area contributed by atoms with Gasteiger partial charge in [-0.3, -0.25) is 14.9 Å². The first-order valence-corrected chi connectivity index (χ1v) is 17.8. The van der Waals surface area contributed by atoms with E-state index in [1.54, 1.807) is 54.0 Å². The van der Waals surface area contributed by atoms with Gasteiger partial charge in [0.15, 0.2) is 23.0 Å². The summed E-state index contributed by atoms with van der Waals surface area (Å²) in [6, 6.07) is 15.0. The minimum Gasteiger partial charge on any atom is -0.493 e. The van der Waals surface area contributed by atoms with E-state index in [0.717, 1.165) is 66.8 Å². The maximum Gasteiger partial charge on any atom is 0.203 e. The fourth-order valence-electron chi connectivity index (χ4n) is 6.76. The molecule has 1 aliphatic rings. The average molecular weight is 820 g/mol. The fraction of sp³-hybridized carbons (Fsp3) is 0.350. The Hall–Kier alpha value is -4.13. The number of anilines is 1. The Labute approximate surface area is 341 Å². The second kappa shape index (κ2) is 20.5. The predicted octanol–water partition coefficient (Wildman–Crippen LogP) is 9.17. The van der Waals surface area contributed by atoms with Gasteiger partial charge in [0.05, 0.1) is 47.7 Å². The number of likely N-dealkylation sites (tertiary alicyclic amines) is 1. The van der Waals surface area contributed by atoms with E-state index in [1.165, 1.54) is 16.1 Å². The largest absolute Gasteiger partial charge is 0.493 e. The van der Waals surface area contributed by atoms with Crippen molar-refractivity contribution >= 4 is 53.6 Å². The summed E-state index contributed by atoms with van der Waals surface area (Å²) in [5.74, 6) is 3.61. The van der Waals surface area contributed by atoms with Gasteiger partial charge in [-0.15, -0.1) is 48.6 Å². The number of ether oxygens (including phenoxy) is 6. The van der Waals surface area contributed by atoms with Crippen LogP contribution in [0.3, 0.4) is 0 Å². The minimum absolute atomic E-state index is 0. The number of rotatable bonds is 14. The molecule has 5 aromatic rings. The summed E-state index contributed by atoms with van der Waals surface area (Å²) in [4.78, 5) is 14.3. The molecule has 6 rings (SSSR count). The third-order valence-electron chi connectivity index (χ3n) is 9.34. The van der Waals surface area contributed by atoms with Gasteiger partial charge in [0, 0.05) is 68.1 Å². The summed E-state index contributed by atoms with van der Waals surface area (Å²) in [6.07, 6.45) is 9.80. The monoisotopic (exact) mass is 818 g/mol. The molecule has 0 aliphatic carbocycles. The standard InChI is InChI=1S/C40H46N4O6S.3ClH/c1-26-12-38(51-25-26)44(24-28-14-32(22-42-20-28)30-17-36(47-4)40(50-7)37(18-30)48-5)33-8-10-43(11-9-33)23-27-13-31(21-41-19-27)29-15-34(45-2)39(49-6)35(16-29)46-3;;;/h12-22,25,33H,8-11,23-24H2,1-7H3;3*1H. The van der Waals surface area contributed by atoms with Crippen LogP contribution < -0.4 is 33.3 Å². The van der Waals surface area contributed by atoms with Crippen LogP contribution in [0.15, 0.2) is 72.6 Å². The summed E-state index contributed by atoms with van der Waals surface area (Å²) in [7, 11) is 9.75. The van der Waals surface area contributed by atoms with Gasteiger partial charge in [-0.1, -0.05) is 0 Å². The molecule has 0 spiro atoms. The molecule has 292 valence electrons. The number of thiophene rings is 1. The molecule has 0 radical (unpaired) electrons. The lowest BCUT2D eigenvalue weighted by molar-refractivity contribution is 0.201. The molecule has 1 fully saturated rings. The van der Waals surface area contributed by atoms with Crippen LogP contribution in [0, 0.1) is 6.92 Å². The van der Waals surface area contributed by atoms with E-state index in [0.29, 0.717) is 40.5 Å². The van der Waals surface area contributed by atoms with E-state index < -0.39 is 0 Å². The Morgan fingerprint density at radius 2 is 1.07 bits per heavy atom. The highest BCUT2D eigenvalue weighted by Crippen LogP contribution is 2.43. The first kappa shape index (κ1) is 44.3. The zero-order valence-corrected chi connectivity index (χ0v) is 34.9. The molecule has 0 N–H and O–H groups in total. The molecular weight excluding hydrogens is 771 g/mol. The number of aromatic nitrogens is 2. The van der Waals surface area contributed by atoms with Crippen molar-refractivity contribution in [2.45, 2.75) is 38.9 Å². The van der Waals surface area contributed by atoms with Crippen LogP contribution in [-0.4, -0.2) is 76.7 Å². The summed E-state index contributed by atoms with van der Waals surface area (Å²) >= 11 is 1.81. The van der Waals surface area contributed by atoms with Crippen molar-refractivity contribution in [3.63, 3.8) is 0 Å². The lowest BCUT2D eigenvalue weighted by Gasteiger charge is -2.39. The number of hydrogen-bond acceptors (Lipinski definition) is 11. The highest BCUT2D eigenvalue weighted by atomic mass is 35.5. The highest BCUT2D eigenvalue weighted by molar-refractivity contribution is 7.14. The number of piperidine rings is 1. The molecule has 0 amide bonds. The van der Waals surface area contributed by atoms with E-state index in [-0.39, 0.29) is 37.2 Å². The van der Waals surface area contributed by atoms with E-state index in [2.05, 4.69) is 50.3 Å². The summed E-state index contributed by atoms with van der Waals surface area (Å²) in [6.45, 7) is 5.73. The predicted molar refractivity (Wildman–Crippen MR) is 224 cm³/mol. The van der Waals surface area contributed by atoms with Gasteiger partial charge in [-0.2, -0.15) is 0 Å². The second-order valence-electron chi connectivity index (χ2n) is 12.6. The molecule has 0 bridgehead atoms. The van der Waals surface area contributed by atoms with Crippen LogP contribution in [0.2, 0.25) is 0 Å². The van der Waals surface area contributed by atoms with Crippen LogP contribution in [0.1, 0.15) is 29.5 Å². The summed E-state index contributed by atoms with van der Waals surface area (Å²) in [5, 5.41) is 3.52. The molecule has 2 aromatic carbocycles. The molecule has 1 aliphatic heterocycles. The Balaban J connectivity index is 0.00000261. The number of methoxy groups -OCH3 is 6. The first-order chi connectivity index (χ1) is 24.9. The Bertz CT molecular complexity index is 1910. The van der Waals surface area contributed by atoms with Crippen molar-refractivity contribution in [1.29, 1.82) is 0 Å². The highest BCUT2D eigenvalue weighted by Gasteiger charge is 2.27. The van der Waals surface area contributed by atoms with E-state index in [4.69, 9.17) is 28.4 Å². The molecule has 1 saturated heterocycles. The summed E-state index contributed by atoms with van der Waals surface area (Å²) in [5.41, 5.74) is 7.50. The maximum absolute atomic E-state index is 5.62. The van der Waals surface area contributed by atoms with Crippen LogP contribution in [0.4, 0.5) is 5.00 Å². The van der Waals surface area contributed by atoms with Gasteiger partial charge in [0.25, 0.3) is 0 Å². The molecule has 0 unspecified atom stereocenters. The van der Waals surface area contributed by atoms with E-state index in [1.807, 2.05) is 49.1 Å². The molecule has 4 heterocycles. The van der Waals surface area contributed by atoms with Gasteiger partial charge in [-0.25, -0.2) is 0 Å². The number of hydrogen-bond donors (Lipinski definition) is 0. The molecular formula is C40H49Cl3N4O6S. The first-order valence-electron chi connectivity index (χ1n) is 16.9. The summed E-state index contributed by atoms with van der Waals surface area (Å²) < 4.78 is 33.5. The Morgan fingerprint density at radius 3 is 1.50 bits per heavy atom. The van der Waals surface area contributed by atoms with Crippen molar-refractivity contribution in [2.24, 2.45) is 0 Å². The number of pyridine rings is 2. The second-order valence-corrected chi connectivity index (χ2v) is 13.5. The topological polar surface area (TPSA) is 87.6 Å². The van der Waals surface area contributed by atoms with Gasteiger partial charge in [-0.05, 0) is 95.4 Å². The molecule has 0 atom stereocenters. The molecule has 14 heteroatoms. The van der Waals surface area contributed by atoms with Gasteiger partial charge in [0.1, 0.15) is 0 Å². The van der Waals surface area contributed by atoms with E-state index >= 15 is 0 Å². The van der Waals surface area contributed by atoms with Crippen LogP contribution in [-0.2, 0) is 13.1 Å². The minimum atomic E-state index is 0. The molecule has 0 saturated carbocycles. The van der Waals surface area contributed by atoms with Crippen molar-refractivity contribution in [2.75, 3.05) is 60.6 Å². The number of nitrogens with zero attached hydrogens (tertiary/aromatic N) is 4. The zero-order chi connectivity index (χ0) is 35.9. The molecule has 3 aromatic heterocycles. The zero-order valence-electron chi connectivity index (χ0n) is 31.6. The molecule has 10 nitrogen and oxygen atoms in total. The SMILES string of the molecule is COc1cc(-c2cncc(CN3CCC(N(Cc4cncc(-c5cc(OC)c(OC)c(OC)c5)c4)c4cc(C)cs4)CC3)c2)cc(OC)c1OC.Cl.Cl.Cl. The van der Waals surface area contributed by atoms with Crippen molar-refractivity contribution in [3.05, 3.63) is 89.3 Å². The van der Waals surface area contributed by atoms with Crippen molar-refractivity contribution in [1.82, 2.24) is 14.9 Å². The lowest BCUT2D eigenvalue weighted by Crippen LogP contribution is -2.44. The normalized spacial score (nSPS) is 12.7. The molecule has 54 heavy (non-hydrogen) atoms. The average Bonchev–Trinajstić information content (AvgIpc) is 3.61. The number of halogens is 3. The Morgan fingerprint density at radius 1 is 0.611 bits per heavy atom. The maximum atomic E-state index is 5.62. The van der Waals surface area contributed by atoms with Gasteiger partial charge >= 0.3 is 0 Å². The van der Waals surface area contributed by atoms with Gasteiger partial charge < -0.3 is 33.3 Å². The lowest BCUT2D eigenvalue weighted by atomic mass is 10.0. The third-order valence-corrected chi connectivity index (χ3v) is 10.4. The van der Waals surface area contributed by atoms with E-state index in [9.17, 15) is 0 Å². The number of aryl methyl sites for hydroxylation is 1. The fourth-order valence-corrected chi connectivity index (χ4v) is 7.73. The Kier molecular flexibility index (Phi) is 16.8. The van der Waals surface area contributed by atoms with Crippen molar-refractivity contribution in [3.8, 4) is 56.8 Å². The van der Waals surface area contributed by atoms with Gasteiger partial charge in [0.2, 0.25) is 11.5 Å². The number of benzene rings is 2. The van der Waals surface area contributed by atoms with Crippen LogP contribution in [0.25, 0.3) is 22.3 Å². The van der Waals surface area contributed by atoms with Crippen LogP contribution >= 0.6 is 48.6 Å².